The minimum Gasteiger partial charge on any atom is -0.185 e. The van der Waals surface area contributed by atoms with Crippen molar-refractivity contribution in [2.75, 3.05) is 5.75 Å². The highest BCUT2D eigenvalue weighted by Crippen LogP contribution is 2.20. The van der Waals surface area contributed by atoms with Gasteiger partial charge in [-0.2, -0.15) is 5.26 Å². The zero-order valence-corrected chi connectivity index (χ0v) is 10.4. The Labute approximate surface area is 97.6 Å². The van der Waals surface area contributed by atoms with Gasteiger partial charge in [-0.1, -0.05) is 41.1 Å². The molecule has 3 heteroatoms. The molecule has 0 aliphatic carbocycles. The van der Waals surface area contributed by atoms with E-state index in [9.17, 15) is 0 Å². The summed E-state index contributed by atoms with van der Waals surface area (Å²) in [7, 11) is 0. The Kier molecular flexibility index (Phi) is 5.06. The van der Waals surface area contributed by atoms with Crippen molar-refractivity contribution in [1.29, 1.82) is 5.26 Å². The molecule has 0 saturated heterocycles. The van der Waals surface area contributed by atoms with E-state index in [1.54, 1.807) is 0 Å². The van der Waals surface area contributed by atoms with Crippen molar-refractivity contribution in [1.82, 2.24) is 0 Å². The Hall–Kier alpha value is -0.460. The second kappa shape index (κ2) is 6.10. The molecule has 0 heterocycles. The van der Waals surface area contributed by atoms with Crippen molar-refractivity contribution < 1.29 is 0 Å². The van der Waals surface area contributed by atoms with Crippen molar-refractivity contribution in [2.45, 2.75) is 13.3 Å². The summed E-state index contributed by atoms with van der Waals surface area (Å²) in [4.78, 5) is 0. The summed E-state index contributed by atoms with van der Waals surface area (Å²) in [5.41, 5.74) is 1.32. The zero-order chi connectivity index (χ0) is 10.4. The first-order valence-electron chi connectivity index (χ1n) is 4.48. The van der Waals surface area contributed by atoms with Gasteiger partial charge in [0.1, 0.15) is 5.40 Å². The van der Waals surface area contributed by atoms with Gasteiger partial charge in [0.05, 0.1) is 0 Å². The van der Waals surface area contributed by atoms with Crippen LogP contribution in [0.2, 0.25) is 0 Å². The largest absolute Gasteiger partial charge is 0.185 e. The van der Waals surface area contributed by atoms with E-state index in [-0.39, 0.29) is 0 Å². The maximum absolute atomic E-state index is 8.44. The molecule has 14 heavy (non-hydrogen) atoms. The van der Waals surface area contributed by atoms with Gasteiger partial charge >= 0.3 is 0 Å². The topological polar surface area (TPSA) is 23.8 Å². The monoisotopic (exact) mass is 269 g/mol. The van der Waals surface area contributed by atoms with E-state index in [2.05, 4.69) is 40.4 Å². The molecular weight excluding hydrogens is 258 g/mol. The standard InChI is InChI=1S/C11H12BrNS/c1-9(7-14-8-13)6-10-4-2-3-5-11(10)12/h2-5,9H,6-7H2,1H3. The van der Waals surface area contributed by atoms with E-state index >= 15 is 0 Å². The highest BCUT2D eigenvalue weighted by atomic mass is 79.9. The quantitative estimate of drug-likeness (QED) is 0.776. The third-order valence-corrected chi connectivity index (χ3v) is 3.60. The molecule has 1 atom stereocenters. The van der Waals surface area contributed by atoms with E-state index < -0.39 is 0 Å². The van der Waals surface area contributed by atoms with Crippen molar-refractivity contribution >= 4 is 27.7 Å². The Morgan fingerprint density at radius 3 is 2.86 bits per heavy atom. The molecule has 1 aromatic carbocycles. The van der Waals surface area contributed by atoms with Gasteiger partial charge in [0, 0.05) is 10.2 Å². The molecule has 0 aromatic heterocycles. The summed E-state index contributed by atoms with van der Waals surface area (Å²) < 4.78 is 1.16. The molecule has 0 aliphatic rings. The smallest absolute Gasteiger partial charge is 0.133 e. The maximum Gasteiger partial charge on any atom is 0.133 e. The molecule has 1 unspecified atom stereocenters. The third-order valence-electron chi connectivity index (χ3n) is 1.96. The summed E-state index contributed by atoms with van der Waals surface area (Å²) in [5, 5.41) is 10.5. The maximum atomic E-state index is 8.44. The van der Waals surface area contributed by atoms with E-state index in [1.165, 1.54) is 17.3 Å². The van der Waals surface area contributed by atoms with E-state index in [0.717, 1.165) is 16.6 Å². The lowest BCUT2D eigenvalue weighted by atomic mass is 10.0. The molecule has 1 rings (SSSR count). The molecule has 0 aliphatic heterocycles. The zero-order valence-electron chi connectivity index (χ0n) is 8.03. The normalized spacial score (nSPS) is 12.1. The molecule has 0 bridgehead atoms. The van der Waals surface area contributed by atoms with Crippen LogP contribution in [0.15, 0.2) is 28.7 Å². The van der Waals surface area contributed by atoms with Gasteiger partial charge in [0.2, 0.25) is 0 Å². The van der Waals surface area contributed by atoms with Crippen LogP contribution in [0.4, 0.5) is 0 Å². The Morgan fingerprint density at radius 1 is 1.50 bits per heavy atom. The number of rotatable bonds is 4. The Morgan fingerprint density at radius 2 is 2.21 bits per heavy atom. The van der Waals surface area contributed by atoms with Crippen molar-refractivity contribution in [2.24, 2.45) is 5.92 Å². The number of thiocyanates is 1. The molecule has 74 valence electrons. The third kappa shape index (κ3) is 3.73. The highest BCUT2D eigenvalue weighted by Gasteiger charge is 2.05. The lowest BCUT2D eigenvalue weighted by molar-refractivity contribution is 0.658. The predicted octanol–water partition coefficient (Wildman–Crippen LogP) is 3.84. The van der Waals surface area contributed by atoms with Gasteiger partial charge in [-0.05, 0) is 35.7 Å². The van der Waals surface area contributed by atoms with E-state index in [0.29, 0.717) is 5.92 Å². The Balaban J connectivity index is 2.52. The minimum absolute atomic E-state index is 0.540. The number of halogens is 1. The molecule has 0 amide bonds. The molecule has 0 radical (unpaired) electrons. The molecule has 1 aromatic rings. The van der Waals surface area contributed by atoms with Crippen LogP contribution >= 0.6 is 27.7 Å². The van der Waals surface area contributed by atoms with Crippen LogP contribution in [0.3, 0.4) is 0 Å². The van der Waals surface area contributed by atoms with Crippen LogP contribution in [0, 0.1) is 16.6 Å². The second-order valence-electron chi connectivity index (χ2n) is 3.30. The van der Waals surface area contributed by atoms with Gasteiger partial charge in [0.15, 0.2) is 0 Å². The fourth-order valence-electron chi connectivity index (χ4n) is 1.28. The van der Waals surface area contributed by atoms with Gasteiger partial charge in [-0.15, -0.1) is 0 Å². The number of hydrogen-bond donors (Lipinski definition) is 0. The number of thioether (sulfide) groups is 1. The highest BCUT2D eigenvalue weighted by molar-refractivity contribution is 9.10. The average Bonchev–Trinajstić information content (AvgIpc) is 2.18. The molecule has 0 spiro atoms. The first kappa shape index (κ1) is 11.6. The van der Waals surface area contributed by atoms with Crippen LogP contribution in [0.25, 0.3) is 0 Å². The van der Waals surface area contributed by atoms with Gasteiger partial charge < -0.3 is 0 Å². The molecule has 1 nitrogen and oxygen atoms in total. The molecular formula is C11H12BrNS. The van der Waals surface area contributed by atoms with Crippen molar-refractivity contribution in [3.8, 4) is 5.40 Å². The summed E-state index contributed by atoms with van der Waals surface area (Å²) in [6, 6.07) is 8.24. The predicted molar refractivity (Wildman–Crippen MR) is 65.1 cm³/mol. The fraction of sp³-hybridized carbons (Fsp3) is 0.364. The number of nitrogens with zero attached hydrogens (tertiary/aromatic N) is 1. The van der Waals surface area contributed by atoms with E-state index in [1.807, 2.05) is 12.1 Å². The lowest BCUT2D eigenvalue weighted by Gasteiger charge is -2.09. The number of hydrogen-bond acceptors (Lipinski definition) is 2. The Bertz CT molecular complexity index is 332. The number of nitriles is 1. The van der Waals surface area contributed by atoms with Crippen LogP contribution in [-0.4, -0.2) is 5.75 Å². The average molecular weight is 270 g/mol. The van der Waals surface area contributed by atoms with Crippen LogP contribution in [0.1, 0.15) is 12.5 Å². The number of benzene rings is 1. The van der Waals surface area contributed by atoms with Crippen molar-refractivity contribution in [3.63, 3.8) is 0 Å². The van der Waals surface area contributed by atoms with E-state index in [4.69, 9.17) is 5.26 Å². The van der Waals surface area contributed by atoms with Crippen LogP contribution in [0.5, 0.6) is 0 Å². The summed E-state index contributed by atoms with van der Waals surface area (Å²) in [6.07, 6.45) is 1.02. The molecule has 0 N–H and O–H groups in total. The summed E-state index contributed by atoms with van der Waals surface area (Å²) >= 11 is 4.85. The van der Waals surface area contributed by atoms with Crippen LogP contribution in [-0.2, 0) is 6.42 Å². The van der Waals surface area contributed by atoms with Gasteiger partial charge in [-0.25, -0.2) is 0 Å². The van der Waals surface area contributed by atoms with Gasteiger partial charge in [-0.3, -0.25) is 0 Å². The van der Waals surface area contributed by atoms with Crippen LogP contribution < -0.4 is 0 Å². The molecule has 0 fully saturated rings. The molecule has 0 saturated carbocycles. The SMILES string of the molecule is CC(CSC#N)Cc1ccccc1Br. The van der Waals surface area contributed by atoms with Gasteiger partial charge in [0.25, 0.3) is 0 Å². The summed E-state index contributed by atoms with van der Waals surface area (Å²) in [6.45, 7) is 2.17. The summed E-state index contributed by atoms with van der Waals surface area (Å²) in [5.74, 6) is 1.44. The fourth-order valence-corrected chi connectivity index (χ4v) is 2.20. The first-order chi connectivity index (χ1) is 6.74. The lowest BCUT2D eigenvalue weighted by Crippen LogP contribution is -2.02. The second-order valence-corrected chi connectivity index (χ2v) is 4.96. The first-order valence-corrected chi connectivity index (χ1v) is 6.26. The van der Waals surface area contributed by atoms with Crippen molar-refractivity contribution in [3.05, 3.63) is 34.3 Å². The minimum atomic E-state index is 0.540.